The van der Waals surface area contributed by atoms with Gasteiger partial charge in [-0.25, -0.2) is 0 Å². The molecule has 1 aromatic rings. The van der Waals surface area contributed by atoms with Crippen LogP contribution in [0.3, 0.4) is 0 Å². The van der Waals surface area contributed by atoms with Crippen LogP contribution >= 0.6 is 0 Å². The van der Waals surface area contributed by atoms with E-state index in [9.17, 15) is 0 Å². The molecule has 1 rings (SSSR count). The van der Waals surface area contributed by atoms with E-state index in [0.717, 1.165) is 38.2 Å². The minimum Gasteiger partial charge on any atom is -0.497 e. The summed E-state index contributed by atoms with van der Waals surface area (Å²) in [5, 5.41) is 3.64. The molecule has 1 N–H and O–H groups in total. The summed E-state index contributed by atoms with van der Waals surface area (Å²) >= 11 is 0. The summed E-state index contributed by atoms with van der Waals surface area (Å²) in [6.07, 6.45) is 3.32. The van der Waals surface area contributed by atoms with Crippen LogP contribution in [0.25, 0.3) is 0 Å². The number of aryl methyl sites for hydroxylation is 1. The van der Waals surface area contributed by atoms with Crippen molar-refractivity contribution in [2.24, 2.45) is 5.41 Å². The summed E-state index contributed by atoms with van der Waals surface area (Å²) in [7, 11) is 3.47. The molecular weight excluding hydrogens is 262 g/mol. The minimum absolute atomic E-state index is 0.282. The molecule has 21 heavy (non-hydrogen) atoms. The second-order valence-corrected chi connectivity index (χ2v) is 6.58. The SMILES string of the molecule is COCCC(C)(C)CNC(C)CCc1ccc(OC)cc1. The maximum Gasteiger partial charge on any atom is 0.118 e. The van der Waals surface area contributed by atoms with Crippen molar-refractivity contribution in [1.29, 1.82) is 0 Å². The van der Waals surface area contributed by atoms with Gasteiger partial charge >= 0.3 is 0 Å². The van der Waals surface area contributed by atoms with Crippen molar-refractivity contribution in [3.05, 3.63) is 29.8 Å². The minimum atomic E-state index is 0.282. The van der Waals surface area contributed by atoms with E-state index in [4.69, 9.17) is 9.47 Å². The van der Waals surface area contributed by atoms with Gasteiger partial charge in [0.25, 0.3) is 0 Å². The first-order valence-corrected chi connectivity index (χ1v) is 7.82. The highest BCUT2D eigenvalue weighted by molar-refractivity contribution is 5.27. The Morgan fingerprint density at radius 1 is 1.14 bits per heavy atom. The third-order valence-corrected chi connectivity index (χ3v) is 3.94. The number of rotatable bonds is 10. The Labute approximate surface area is 130 Å². The number of benzene rings is 1. The van der Waals surface area contributed by atoms with Crippen LogP contribution in [0.5, 0.6) is 5.75 Å². The van der Waals surface area contributed by atoms with Gasteiger partial charge in [0.05, 0.1) is 7.11 Å². The number of methoxy groups -OCH3 is 2. The molecule has 1 unspecified atom stereocenters. The van der Waals surface area contributed by atoms with Crippen molar-refractivity contribution >= 4 is 0 Å². The molecule has 0 spiro atoms. The van der Waals surface area contributed by atoms with Crippen LogP contribution in [0.1, 0.15) is 39.2 Å². The first-order chi connectivity index (χ1) is 9.96. The van der Waals surface area contributed by atoms with Crippen LogP contribution in [0, 0.1) is 5.41 Å². The van der Waals surface area contributed by atoms with E-state index in [0.29, 0.717) is 6.04 Å². The van der Waals surface area contributed by atoms with Crippen LogP contribution in [-0.2, 0) is 11.2 Å². The van der Waals surface area contributed by atoms with Gasteiger partial charge in [0.15, 0.2) is 0 Å². The Morgan fingerprint density at radius 2 is 1.81 bits per heavy atom. The predicted octanol–water partition coefficient (Wildman–Crippen LogP) is 3.67. The van der Waals surface area contributed by atoms with Crippen molar-refractivity contribution in [3.63, 3.8) is 0 Å². The Hall–Kier alpha value is -1.06. The quantitative estimate of drug-likeness (QED) is 0.714. The van der Waals surface area contributed by atoms with E-state index in [2.05, 4.69) is 38.2 Å². The molecule has 1 atom stereocenters. The fraction of sp³-hybridized carbons (Fsp3) is 0.667. The van der Waals surface area contributed by atoms with E-state index < -0.39 is 0 Å². The predicted molar refractivity (Wildman–Crippen MR) is 89.1 cm³/mol. The molecule has 0 radical (unpaired) electrons. The molecule has 3 heteroatoms. The van der Waals surface area contributed by atoms with Crippen molar-refractivity contribution in [1.82, 2.24) is 5.32 Å². The van der Waals surface area contributed by atoms with Gasteiger partial charge in [-0.15, -0.1) is 0 Å². The molecule has 1 aromatic carbocycles. The molecule has 3 nitrogen and oxygen atoms in total. The van der Waals surface area contributed by atoms with E-state index in [1.807, 2.05) is 12.1 Å². The summed E-state index contributed by atoms with van der Waals surface area (Å²) in [4.78, 5) is 0. The van der Waals surface area contributed by atoms with E-state index in [1.165, 1.54) is 5.56 Å². The summed E-state index contributed by atoms with van der Waals surface area (Å²) in [5.74, 6) is 0.921. The summed E-state index contributed by atoms with van der Waals surface area (Å²) in [5.41, 5.74) is 1.65. The Bertz CT molecular complexity index is 387. The molecule has 0 saturated carbocycles. The monoisotopic (exact) mass is 293 g/mol. The standard InChI is InChI=1S/C18H31NO2/c1-15(19-14-18(2,3)12-13-20-4)6-7-16-8-10-17(21-5)11-9-16/h8-11,15,19H,6-7,12-14H2,1-5H3. The second kappa shape index (κ2) is 9.06. The van der Waals surface area contributed by atoms with Gasteiger partial charge in [0, 0.05) is 26.3 Å². The maximum absolute atomic E-state index is 5.18. The Morgan fingerprint density at radius 3 is 2.38 bits per heavy atom. The lowest BCUT2D eigenvalue weighted by Gasteiger charge is -2.27. The smallest absolute Gasteiger partial charge is 0.118 e. The number of hydrogen-bond donors (Lipinski definition) is 1. The molecule has 0 aromatic heterocycles. The van der Waals surface area contributed by atoms with Crippen LogP contribution < -0.4 is 10.1 Å². The average Bonchev–Trinajstić information content (AvgIpc) is 2.49. The number of ether oxygens (including phenoxy) is 2. The molecule has 0 amide bonds. The molecule has 0 fully saturated rings. The molecule has 0 aliphatic carbocycles. The maximum atomic E-state index is 5.18. The lowest BCUT2D eigenvalue weighted by atomic mass is 9.89. The topological polar surface area (TPSA) is 30.5 Å². The van der Waals surface area contributed by atoms with Gasteiger partial charge < -0.3 is 14.8 Å². The highest BCUT2D eigenvalue weighted by atomic mass is 16.5. The van der Waals surface area contributed by atoms with Gasteiger partial charge in [-0.2, -0.15) is 0 Å². The molecule has 0 bridgehead atoms. The highest BCUT2D eigenvalue weighted by Gasteiger charge is 2.18. The van der Waals surface area contributed by atoms with Gasteiger partial charge in [-0.3, -0.25) is 0 Å². The molecule has 0 aliphatic rings. The fourth-order valence-corrected chi connectivity index (χ4v) is 2.19. The van der Waals surface area contributed by atoms with Crippen molar-refractivity contribution < 1.29 is 9.47 Å². The molecule has 0 aliphatic heterocycles. The highest BCUT2D eigenvalue weighted by Crippen LogP contribution is 2.19. The average molecular weight is 293 g/mol. The summed E-state index contributed by atoms with van der Waals surface area (Å²) < 4.78 is 10.4. The van der Waals surface area contributed by atoms with Crippen molar-refractivity contribution in [2.75, 3.05) is 27.4 Å². The third-order valence-electron chi connectivity index (χ3n) is 3.94. The zero-order chi connectivity index (χ0) is 15.7. The van der Waals surface area contributed by atoms with Gasteiger partial charge in [-0.05, 0) is 49.3 Å². The lowest BCUT2D eigenvalue weighted by Crippen LogP contribution is -2.36. The Kier molecular flexibility index (Phi) is 7.76. The zero-order valence-electron chi connectivity index (χ0n) is 14.2. The van der Waals surface area contributed by atoms with Crippen LogP contribution in [0.4, 0.5) is 0 Å². The molecule has 0 heterocycles. The molecule has 120 valence electrons. The summed E-state index contributed by atoms with van der Waals surface area (Å²) in [6.45, 7) is 8.69. The van der Waals surface area contributed by atoms with Crippen molar-refractivity contribution in [2.45, 2.75) is 46.1 Å². The lowest BCUT2D eigenvalue weighted by molar-refractivity contribution is 0.149. The van der Waals surface area contributed by atoms with E-state index >= 15 is 0 Å². The second-order valence-electron chi connectivity index (χ2n) is 6.58. The largest absolute Gasteiger partial charge is 0.497 e. The Balaban J connectivity index is 2.28. The van der Waals surface area contributed by atoms with Gasteiger partial charge in [-0.1, -0.05) is 26.0 Å². The first-order valence-electron chi connectivity index (χ1n) is 7.82. The van der Waals surface area contributed by atoms with Crippen LogP contribution in [0.15, 0.2) is 24.3 Å². The molecule has 0 saturated heterocycles. The number of hydrogen-bond acceptors (Lipinski definition) is 3. The summed E-state index contributed by atoms with van der Waals surface area (Å²) in [6, 6.07) is 8.87. The third kappa shape index (κ3) is 7.49. The van der Waals surface area contributed by atoms with Crippen LogP contribution in [-0.4, -0.2) is 33.4 Å². The number of nitrogens with one attached hydrogen (secondary N) is 1. The van der Waals surface area contributed by atoms with Gasteiger partial charge in [0.2, 0.25) is 0 Å². The van der Waals surface area contributed by atoms with E-state index in [-0.39, 0.29) is 5.41 Å². The fourth-order valence-electron chi connectivity index (χ4n) is 2.19. The first kappa shape index (κ1) is 18.0. The molecular formula is C18H31NO2. The zero-order valence-corrected chi connectivity index (χ0v) is 14.2. The van der Waals surface area contributed by atoms with E-state index in [1.54, 1.807) is 14.2 Å². The van der Waals surface area contributed by atoms with Crippen LogP contribution in [0.2, 0.25) is 0 Å². The van der Waals surface area contributed by atoms with Crippen molar-refractivity contribution in [3.8, 4) is 5.75 Å². The van der Waals surface area contributed by atoms with Gasteiger partial charge in [0.1, 0.15) is 5.75 Å². The normalized spacial score (nSPS) is 13.2.